The van der Waals surface area contributed by atoms with Crippen molar-refractivity contribution in [2.75, 3.05) is 20.2 Å². The first-order valence-corrected chi connectivity index (χ1v) is 9.02. The van der Waals surface area contributed by atoms with Crippen LogP contribution in [0, 0.1) is 11.3 Å². The van der Waals surface area contributed by atoms with Crippen LogP contribution in [0.25, 0.3) is 0 Å². The SMILES string of the molecule is CN(C[C@@H]1CCC2(CCCC2)O1)[C@@H]1[C@H]2CCO[C@@H]2C1(C)C. The molecule has 2 aliphatic carbocycles. The van der Waals surface area contributed by atoms with Gasteiger partial charge in [-0.15, -0.1) is 0 Å². The minimum atomic E-state index is 0.277. The van der Waals surface area contributed by atoms with Gasteiger partial charge in [-0.05, 0) is 39.2 Å². The molecule has 0 radical (unpaired) electrons. The molecule has 0 aromatic heterocycles. The Morgan fingerprint density at radius 1 is 1.10 bits per heavy atom. The van der Waals surface area contributed by atoms with Crippen LogP contribution in [0.4, 0.5) is 0 Å². The van der Waals surface area contributed by atoms with Crippen molar-refractivity contribution in [1.82, 2.24) is 4.90 Å². The number of hydrogen-bond acceptors (Lipinski definition) is 3. The van der Waals surface area contributed by atoms with Gasteiger partial charge in [-0.1, -0.05) is 26.7 Å². The van der Waals surface area contributed by atoms with Gasteiger partial charge in [0.2, 0.25) is 0 Å². The third kappa shape index (κ3) is 2.19. The molecule has 3 heteroatoms. The monoisotopic (exact) mass is 293 g/mol. The molecule has 0 bridgehead atoms. The molecule has 0 aromatic carbocycles. The zero-order valence-corrected chi connectivity index (χ0v) is 13.9. The molecule has 0 unspecified atom stereocenters. The van der Waals surface area contributed by atoms with Crippen molar-refractivity contribution < 1.29 is 9.47 Å². The Kier molecular flexibility index (Phi) is 3.40. The van der Waals surface area contributed by atoms with Gasteiger partial charge in [-0.25, -0.2) is 0 Å². The van der Waals surface area contributed by atoms with Crippen LogP contribution in [0.5, 0.6) is 0 Å². The Bertz CT molecular complexity index is 402. The van der Waals surface area contributed by atoms with E-state index in [-0.39, 0.29) is 5.60 Å². The Labute approximate surface area is 129 Å². The molecule has 0 N–H and O–H groups in total. The average molecular weight is 293 g/mol. The molecule has 4 atom stereocenters. The smallest absolute Gasteiger partial charge is 0.0710 e. The fourth-order valence-electron chi connectivity index (χ4n) is 6.04. The summed E-state index contributed by atoms with van der Waals surface area (Å²) in [5.41, 5.74) is 0.583. The summed E-state index contributed by atoms with van der Waals surface area (Å²) in [6.45, 7) is 6.84. The quantitative estimate of drug-likeness (QED) is 0.797. The fourth-order valence-corrected chi connectivity index (χ4v) is 6.04. The topological polar surface area (TPSA) is 21.7 Å². The van der Waals surface area contributed by atoms with Crippen molar-refractivity contribution in [3.63, 3.8) is 0 Å². The van der Waals surface area contributed by atoms with E-state index in [0.717, 1.165) is 19.1 Å². The number of fused-ring (bicyclic) bond motifs is 1. The maximum Gasteiger partial charge on any atom is 0.0710 e. The van der Waals surface area contributed by atoms with Gasteiger partial charge >= 0.3 is 0 Å². The van der Waals surface area contributed by atoms with Crippen LogP contribution >= 0.6 is 0 Å². The number of likely N-dealkylation sites (N-methyl/N-ethyl adjacent to an activating group) is 1. The van der Waals surface area contributed by atoms with Gasteiger partial charge in [0.25, 0.3) is 0 Å². The molecule has 0 aromatic rings. The molecule has 3 nitrogen and oxygen atoms in total. The van der Waals surface area contributed by atoms with E-state index in [1.54, 1.807) is 0 Å². The second-order valence-electron chi connectivity index (χ2n) is 8.62. The molecule has 2 heterocycles. The maximum absolute atomic E-state index is 6.51. The molecule has 0 amide bonds. The lowest BCUT2D eigenvalue weighted by molar-refractivity contribution is -0.157. The largest absolute Gasteiger partial charge is 0.377 e. The number of nitrogens with zero attached hydrogens (tertiary/aromatic N) is 1. The molecule has 4 aliphatic rings. The van der Waals surface area contributed by atoms with E-state index in [4.69, 9.17) is 9.47 Å². The van der Waals surface area contributed by atoms with Gasteiger partial charge in [-0.2, -0.15) is 0 Å². The molecule has 1 spiro atoms. The Hall–Kier alpha value is -0.120. The Balaban J connectivity index is 1.37. The molecule has 21 heavy (non-hydrogen) atoms. The van der Waals surface area contributed by atoms with Crippen LogP contribution in [0.15, 0.2) is 0 Å². The third-order valence-corrected chi connectivity index (χ3v) is 6.86. The van der Waals surface area contributed by atoms with E-state index in [1.807, 2.05) is 0 Å². The van der Waals surface area contributed by atoms with Crippen LogP contribution in [0.2, 0.25) is 0 Å². The summed E-state index contributed by atoms with van der Waals surface area (Å²) in [6.07, 6.45) is 10.1. The zero-order chi connectivity index (χ0) is 14.7. The number of rotatable bonds is 3. The highest BCUT2D eigenvalue weighted by Gasteiger charge is 2.60. The molecular formula is C18H31NO2. The summed E-state index contributed by atoms with van der Waals surface area (Å²) in [6, 6.07) is 0.675. The minimum absolute atomic E-state index is 0.277. The lowest BCUT2D eigenvalue weighted by Gasteiger charge is -2.58. The number of ether oxygens (including phenoxy) is 2. The van der Waals surface area contributed by atoms with Gasteiger partial charge in [0.05, 0.1) is 17.8 Å². The van der Waals surface area contributed by atoms with Gasteiger partial charge in [0, 0.05) is 30.5 Å². The van der Waals surface area contributed by atoms with Crippen LogP contribution in [0.1, 0.15) is 58.8 Å². The van der Waals surface area contributed by atoms with E-state index in [9.17, 15) is 0 Å². The summed E-state index contributed by atoms with van der Waals surface area (Å²) in [7, 11) is 2.31. The molecule has 4 fully saturated rings. The minimum Gasteiger partial charge on any atom is -0.377 e. The summed E-state index contributed by atoms with van der Waals surface area (Å²) >= 11 is 0. The van der Waals surface area contributed by atoms with Crippen molar-refractivity contribution in [3.8, 4) is 0 Å². The summed E-state index contributed by atoms with van der Waals surface area (Å²) in [4.78, 5) is 2.59. The van der Waals surface area contributed by atoms with Gasteiger partial charge in [0.15, 0.2) is 0 Å². The summed E-state index contributed by atoms with van der Waals surface area (Å²) in [5, 5.41) is 0. The van der Waals surface area contributed by atoms with Crippen LogP contribution in [0.3, 0.4) is 0 Å². The average Bonchev–Trinajstić information content (AvgIpc) is 3.12. The molecule has 2 saturated heterocycles. The second kappa shape index (κ2) is 4.94. The van der Waals surface area contributed by atoms with Crippen LogP contribution in [-0.4, -0.2) is 49.0 Å². The molecule has 2 saturated carbocycles. The fraction of sp³-hybridized carbons (Fsp3) is 1.00. The van der Waals surface area contributed by atoms with E-state index in [1.165, 1.54) is 44.9 Å². The molecular weight excluding hydrogens is 262 g/mol. The first kappa shape index (κ1) is 14.5. The van der Waals surface area contributed by atoms with E-state index in [0.29, 0.717) is 23.7 Å². The van der Waals surface area contributed by atoms with Crippen LogP contribution in [-0.2, 0) is 9.47 Å². The standard InChI is InChI=1S/C18H31NO2/c1-17(2)15(14-7-11-20-16(14)17)19(3)12-13-6-10-18(21-13)8-4-5-9-18/h13-16H,4-12H2,1-3H3/t13-,14+,15+,16-/m0/s1. The molecule has 2 aliphatic heterocycles. The van der Waals surface area contributed by atoms with Crippen LogP contribution < -0.4 is 0 Å². The van der Waals surface area contributed by atoms with Crippen molar-refractivity contribution in [1.29, 1.82) is 0 Å². The highest BCUT2D eigenvalue weighted by Crippen LogP contribution is 2.54. The van der Waals surface area contributed by atoms with E-state index >= 15 is 0 Å². The molecule has 120 valence electrons. The summed E-state index contributed by atoms with van der Waals surface area (Å²) < 4.78 is 12.4. The maximum atomic E-state index is 6.51. The lowest BCUT2D eigenvalue weighted by Crippen LogP contribution is -2.66. The Morgan fingerprint density at radius 2 is 1.86 bits per heavy atom. The highest BCUT2D eigenvalue weighted by molar-refractivity contribution is 5.11. The van der Waals surface area contributed by atoms with Crippen molar-refractivity contribution in [2.24, 2.45) is 11.3 Å². The first-order valence-electron chi connectivity index (χ1n) is 9.02. The van der Waals surface area contributed by atoms with Gasteiger partial charge in [0.1, 0.15) is 0 Å². The molecule has 4 rings (SSSR count). The zero-order valence-electron chi connectivity index (χ0n) is 13.9. The summed E-state index contributed by atoms with van der Waals surface area (Å²) in [5.74, 6) is 0.756. The predicted molar refractivity (Wildman–Crippen MR) is 83.4 cm³/mol. The van der Waals surface area contributed by atoms with E-state index in [2.05, 4.69) is 25.8 Å². The highest BCUT2D eigenvalue weighted by atomic mass is 16.5. The van der Waals surface area contributed by atoms with E-state index < -0.39 is 0 Å². The van der Waals surface area contributed by atoms with Gasteiger partial charge in [-0.3, -0.25) is 4.90 Å². The second-order valence-corrected chi connectivity index (χ2v) is 8.62. The first-order chi connectivity index (χ1) is 10.0. The predicted octanol–water partition coefficient (Wildman–Crippen LogP) is 3.22. The van der Waals surface area contributed by atoms with Crippen molar-refractivity contribution in [2.45, 2.75) is 82.6 Å². The van der Waals surface area contributed by atoms with Crippen molar-refractivity contribution in [3.05, 3.63) is 0 Å². The lowest BCUT2D eigenvalue weighted by atomic mass is 9.57. The Morgan fingerprint density at radius 3 is 2.62 bits per heavy atom. The number of hydrogen-bond donors (Lipinski definition) is 0. The van der Waals surface area contributed by atoms with Gasteiger partial charge < -0.3 is 9.47 Å². The third-order valence-electron chi connectivity index (χ3n) is 6.86. The normalized spacial score (nSPS) is 43.4. The van der Waals surface area contributed by atoms with Crippen molar-refractivity contribution >= 4 is 0 Å².